The van der Waals surface area contributed by atoms with Gasteiger partial charge >= 0.3 is 22.1 Å². The maximum Gasteiger partial charge on any atom is 0.428 e. The number of ether oxygens (including phenoxy) is 4. The fraction of sp³-hybridized carbons (Fsp3) is 0.278. The Morgan fingerprint density at radius 1 is 0.577 bits per heavy atom. The number of carbonyl (C=O) groups is 2. The first-order valence-electron chi connectivity index (χ1n) is 15.4. The Kier molecular flexibility index (Phi) is 12.0. The molecule has 0 fully saturated rings. The van der Waals surface area contributed by atoms with Crippen LogP contribution in [0.5, 0.6) is 11.5 Å². The Balaban J connectivity index is 1.96. The van der Waals surface area contributed by atoms with Crippen molar-refractivity contribution in [3.8, 4) is 11.5 Å². The molecule has 4 aromatic carbocycles. The van der Waals surface area contributed by atoms with E-state index in [1.54, 1.807) is 47.6 Å². The van der Waals surface area contributed by atoms with Gasteiger partial charge in [0.05, 0.1) is 25.0 Å². The second-order valence-corrected chi connectivity index (χ2v) is 17.6. The normalized spacial score (nSPS) is 12.6. The van der Waals surface area contributed by atoms with Crippen molar-refractivity contribution in [1.82, 2.24) is 0 Å². The van der Waals surface area contributed by atoms with E-state index < -0.39 is 90.8 Å². The highest BCUT2D eigenvalue weighted by Gasteiger charge is 2.47. The Morgan fingerprint density at radius 2 is 0.962 bits per heavy atom. The summed E-state index contributed by atoms with van der Waals surface area (Å²) in [7, 11) is -9.48. The molecule has 0 aromatic heterocycles. The van der Waals surface area contributed by atoms with E-state index in [1.165, 1.54) is 72.8 Å². The maximum absolute atomic E-state index is 15.1. The first-order chi connectivity index (χ1) is 24.1. The SMILES string of the molecule is CC(C)(C)OC(=O)COc1cccc(S([OH+]S(=O)(=O)c2c(F)c(F)c(F)c(F)c2F)(c2ccccc2)c2cccc(OCC(=O)OC(C)(C)C)c2)c1. The van der Waals surface area contributed by atoms with Gasteiger partial charge in [0.2, 0.25) is 10.7 Å². The molecule has 0 radical (unpaired) electrons. The van der Waals surface area contributed by atoms with Crippen LogP contribution >= 0.6 is 10.3 Å². The summed E-state index contributed by atoms with van der Waals surface area (Å²) in [6.07, 6.45) is 0. The van der Waals surface area contributed by atoms with Crippen LogP contribution in [-0.4, -0.2) is 48.4 Å². The Bertz CT molecular complexity index is 1960. The summed E-state index contributed by atoms with van der Waals surface area (Å²) in [4.78, 5) is 22.9. The van der Waals surface area contributed by atoms with E-state index in [2.05, 4.69) is 3.63 Å². The third-order valence-corrected chi connectivity index (χ3v) is 11.9. The maximum atomic E-state index is 15.1. The largest absolute Gasteiger partial charge is 0.482 e. The van der Waals surface area contributed by atoms with Gasteiger partial charge in [0.25, 0.3) is 0 Å². The number of carbonyl (C=O) groups excluding carboxylic acids is 2. The standard InChI is InChI=1S/C36H35F5O9S2/c1-35(2,3)48-27(42)20-46-22-12-10-16-25(18-22)51(24-14-8-7-9-15-24,26-17-11-13-23(19-26)47-21-28(43)49-36(4,5)6)50-52(44,45)34-32(40)30(38)29(37)31(39)33(34)41/h7-19H,20-21H2,1-6H3/p+1. The lowest BCUT2D eigenvalue weighted by atomic mass is 10.2. The second-order valence-electron chi connectivity index (χ2n) is 13.0. The van der Waals surface area contributed by atoms with Crippen molar-refractivity contribution in [2.24, 2.45) is 0 Å². The minimum atomic E-state index is -5.77. The molecular formula is C36H36F5O9S2+. The number of esters is 2. The van der Waals surface area contributed by atoms with Gasteiger partial charge in [0, 0.05) is 0 Å². The molecule has 0 aliphatic rings. The van der Waals surface area contributed by atoms with Gasteiger partial charge in [-0.25, -0.2) is 31.5 Å². The molecule has 4 rings (SSSR count). The zero-order valence-corrected chi connectivity index (χ0v) is 30.5. The molecule has 9 nitrogen and oxygen atoms in total. The van der Waals surface area contributed by atoms with Crippen molar-refractivity contribution >= 4 is 32.4 Å². The third-order valence-electron chi connectivity index (χ3n) is 6.57. The lowest BCUT2D eigenvalue weighted by Crippen LogP contribution is -2.27. The minimum Gasteiger partial charge on any atom is -0.482 e. The smallest absolute Gasteiger partial charge is 0.428 e. The molecule has 16 heteroatoms. The van der Waals surface area contributed by atoms with Crippen molar-refractivity contribution in [2.75, 3.05) is 13.2 Å². The van der Waals surface area contributed by atoms with Crippen LogP contribution in [0.4, 0.5) is 22.0 Å². The third kappa shape index (κ3) is 9.40. The zero-order chi connectivity index (χ0) is 38.6. The van der Waals surface area contributed by atoms with Gasteiger partial charge < -0.3 is 18.9 Å². The highest BCUT2D eigenvalue weighted by atomic mass is 32.3. The van der Waals surface area contributed by atoms with E-state index in [0.29, 0.717) is 0 Å². The van der Waals surface area contributed by atoms with Crippen molar-refractivity contribution in [3.05, 3.63) is 108 Å². The van der Waals surface area contributed by atoms with Gasteiger partial charge in [-0.3, -0.25) is 3.63 Å². The van der Waals surface area contributed by atoms with Crippen LogP contribution < -0.4 is 9.47 Å². The average molecular weight is 772 g/mol. The van der Waals surface area contributed by atoms with Gasteiger partial charge in [-0.05, 0) is 90.1 Å². The zero-order valence-electron chi connectivity index (χ0n) is 28.8. The van der Waals surface area contributed by atoms with Crippen molar-refractivity contribution in [1.29, 1.82) is 0 Å². The van der Waals surface area contributed by atoms with E-state index in [4.69, 9.17) is 18.9 Å². The van der Waals surface area contributed by atoms with E-state index in [-0.39, 0.29) is 26.2 Å². The van der Waals surface area contributed by atoms with Crippen molar-refractivity contribution in [3.63, 3.8) is 0 Å². The van der Waals surface area contributed by atoms with Gasteiger partial charge in [-0.15, -0.1) is 8.42 Å². The minimum absolute atomic E-state index is 0.0114. The predicted octanol–water partition coefficient (Wildman–Crippen LogP) is 8.50. The molecular weight excluding hydrogens is 736 g/mol. The van der Waals surface area contributed by atoms with Crippen LogP contribution in [0.2, 0.25) is 0 Å². The summed E-state index contributed by atoms with van der Waals surface area (Å²) in [5.74, 6) is -14.2. The molecule has 0 bridgehead atoms. The Labute approximate surface area is 299 Å². The van der Waals surface area contributed by atoms with Crippen LogP contribution in [0.1, 0.15) is 41.5 Å². The fourth-order valence-corrected chi connectivity index (χ4v) is 10.3. The molecule has 280 valence electrons. The number of hydrogen-bond donors (Lipinski definition) is 0. The highest BCUT2D eigenvalue weighted by molar-refractivity contribution is 8.32. The summed E-state index contributed by atoms with van der Waals surface area (Å²) in [6, 6.07) is 18.7. The highest BCUT2D eigenvalue weighted by Crippen LogP contribution is 2.69. The fourth-order valence-electron chi connectivity index (χ4n) is 4.67. The molecule has 0 unspecified atom stereocenters. The lowest BCUT2D eigenvalue weighted by Gasteiger charge is -2.35. The first-order valence-corrected chi connectivity index (χ1v) is 18.5. The van der Waals surface area contributed by atoms with E-state index in [0.717, 1.165) is 0 Å². The summed E-state index contributed by atoms with van der Waals surface area (Å²) in [5, 5.41) is 0. The molecule has 0 atom stereocenters. The number of halogens is 5. The lowest BCUT2D eigenvalue weighted by molar-refractivity contribution is -0.158. The van der Waals surface area contributed by atoms with Gasteiger partial charge in [-0.1, -0.05) is 30.3 Å². The Morgan fingerprint density at radius 3 is 1.37 bits per heavy atom. The average Bonchev–Trinajstić information content (AvgIpc) is 3.06. The topological polar surface area (TPSA) is 118 Å². The van der Waals surface area contributed by atoms with Crippen LogP contribution in [0.15, 0.2) is 98.4 Å². The molecule has 52 heavy (non-hydrogen) atoms. The molecule has 0 saturated heterocycles. The van der Waals surface area contributed by atoms with Crippen molar-refractivity contribution in [2.45, 2.75) is 72.3 Å². The molecule has 0 aliphatic carbocycles. The Hall–Kier alpha value is -4.67. The molecule has 0 aliphatic heterocycles. The number of rotatable bonds is 12. The monoisotopic (exact) mass is 771 g/mol. The van der Waals surface area contributed by atoms with Gasteiger partial charge in [0.1, 0.15) is 22.7 Å². The first kappa shape index (κ1) is 40.1. The van der Waals surface area contributed by atoms with Gasteiger partial charge in [0.15, 0.2) is 36.5 Å². The van der Waals surface area contributed by atoms with Gasteiger partial charge in [-0.2, -0.15) is 0 Å². The molecule has 0 saturated carbocycles. The summed E-state index contributed by atoms with van der Waals surface area (Å²) < 4.78 is 127. The molecule has 0 heterocycles. The second kappa shape index (κ2) is 15.5. The van der Waals surface area contributed by atoms with Crippen LogP contribution in [0.3, 0.4) is 0 Å². The summed E-state index contributed by atoms with van der Waals surface area (Å²) in [5.41, 5.74) is -1.66. The van der Waals surface area contributed by atoms with E-state index in [1.807, 2.05) is 0 Å². The molecule has 4 aromatic rings. The van der Waals surface area contributed by atoms with Crippen LogP contribution in [0, 0.1) is 29.1 Å². The predicted molar refractivity (Wildman–Crippen MR) is 180 cm³/mol. The van der Waals surface area contributed by atoms with E-state index >= 15 is 8.78 Å². The summed E-state index contributed by atoms with van der Waals surface area (Å²) in [6.45, 7) is 8.79. The molecule has 0 spiro atoms. The number of benzene rings is 4. The van der Waals surface area contributed by atoms with Crippen LogP contribution in [-0.2, 0) is 29.2 Å². The van der Waals surface area contributed by atoms with Crippen LogP contribution in [0.25, 0.3) is 0 Å². The summed E-state index contributed by atoms with van der Waals surface area (Å²) >= 11 is 0. The molecule has 0 amide bonds. The number of hydrogen-bond acceptors (Lipinski definition) is 8. The van der Waals surface area contributed by atoms with E-state index in [9.17, 15) is 31.2 Å². The van der Waals surface area contributed by atoms with Crippen molar-refractivity contribution < 1.29 is 62.5 Å². The quantitative estimate of drug-likeness (QED) is 0.0352. The molecule has 1 N–H and O–H groups in total.